The van der Waals surface area contributed by atoms with Crippen molar-refractivity contribution in [3.8, 4) is 0 Å². The van der Waals surface area contributed by atoms with Gasteiger partial charge < -0.3 is 17.3 Å². The van der Waals surface area contributed by atoms with Crippen molar-refractivity contribution in [1.29, 1.82) is 0 Å². The number of nitrogens with zero attached hydrogens (tertiary/aromatic N) is 2. The van der Waals surface area contributed by atoms with Crippen molar-refractivity contribution in [2.45, 2.75) is 44.9 Å². The Kier molecular flexibility index (Phi) is 6.26. The molecule has 164 valence electrons. The van der Waals surface area contributed by atoms with Crippen LogP contribution in [0.1, 0.15) is 44.2 Å². The fourth-order valence-electron chi connectivity index (χ4n) is 5.18. The second kappa shape index (κ2) is 8.96. The summed E-state index contributed by atoms with van der Waals surface area (Å²) in [4.78, 5) is 2.35. The molecule has 5 rings (SSSR count). The maximum absolute atomic E-state index is 2.38. The van der Waals surface area contributed by atoms with Gasteiger partial charge in [0.1, 0.15) is 0 Å². The third-order valence-electron chi connectivity index (χ3n) is 6.92. The first-order chi connectivity index (χ1) is 15.0. The number of hydrogen-bond donors (Lipinski definition) is 0. The fraction of sp³-hybridized carbons (Fsp3) is 0.276. The smallest absolute Gasteiger partial charge is 0.214 e. The third kappa shape index (κ3) is 4.00. The summed E-state index contributed by atoms with van der Waals surface area (Å²) < 4.78 is 2.27. The predicted octanol–water partition coefficient (Wildman–Crippen LogP) is 3.82. The number of halogens is 1. The van der Waals surface area contributed by atoms with Gasteiger partial charge in [0.15, 0.2) is 12.4 Å². The van der Waals surface area contributed by atoms with Crippen LogP contribution in [0.15, 0.2) is 95.9 Å². The van der Waals surface area contributed by atoms with Crippen LogP contribution < -0.4 is 17.3 Å². The second-order valence-corrected chi connectivity index (χ2v) is 9.31. The van der Waals surface area contributed by atoms with Crippen LogP contribution in [0.2, 0.25) is 0 Å². The average Bonchev–Trinajstić information content (AvgIpc) is 3.28. The minimum atomic E-state index is 0. The van der Waals surface area contributed by atoms with Crippen LogP contribution in [0.3, 0.4) is 0 Å². The summed E-state index contributed by atoms with van der Waals surface area (Å²) in [5, 5.41) is 0. The molecule has 32 heavy (non-hydrogen) atoms. The first-order valence-corrected chi connectivity index (χ1v) is 11.4. The lowest BCUT2D eigenvalue weighted by atomic mass is 9.83. The van der Waals surface area contributed by atoms with Crippen molar-refractivity contribution in [3.05, 3.63) is 107 Å². The van der Waals surface area contributed by atoms with E-state index in [1.165, 1.54) is 45.8 Å². The van der Waals surface area contributed by atoms with E-state index in [1.54, 1.807) is 0 Å². The first-order valence-electron chi connectivity index (χ1n) is 11.4. The van der Waals surface area contributed by atoms with E-state index in [9.17, 15) is 0 Å². The SMILES string of the molecule is CN1/C(=C/C=C2C=C(/C=C/[N+]3=CCc4ccccc43)CCC/2)C(C)(C)c2ccccc21.[Cl-]. The van der Waals surface area contributed by atoms with Crippen LogP contribution in [0, 0.1) is 0 Å². The van der Waals surface area contributed by atoms with Crippen molar-refractivity contribution in [1.82, 2.24) is 0 Å². The lowest BCUT2D eigenvalue weighted by molar-refractivity contribution is -0.351. The molecule has 0 aromatic heterocycles. The van der Waals surface area contributed by atoms with E-state index >= 15 is 0 Å². The van der Waals surface area contributed by atoms with E-state index in [0.29, 0.717) is 0 Å². The Bertz CT molecular complexity index is 1180. The zero-order valence-corrected chi connectivity index (χ0v) is 19.9. The van der Waals surface area contributed by atoms with Gasteiger partial charge in [0.25, 0.3) is 0 Å². The highest BCUT2D eigenvalue weighted by molar-refractivity contribution is 5.70. The molecular weight excluding hydrogens is 412 g/mol. The Balaban J connectivity index is 0.00000245. The number of hydrogen-bond acceptors (Lipinski definition) is 1. The Morgan fingerprint density at radius 2 is 1.75 bits per heavy atom. The molecule has 2 aromatic rings. The maximum atomic E-state index is 2.38. The van der Waals surface area contributed by atoms with E-state index in [4.69, 9.17) is 0 Å². The zero-order chi connectivity index (χ0) is 21.4. The molecular formula is C29H31ClN2. The third-order valence-corrected chi connectivity index (χ3v) is 6.92. The lowest BCUT2D eigenvalue weighted by Crippen LogP contribution is -3.00. The average molecular weight is 443 g/mol. The van der Waals surface area contributed by atoms with Crippen molar-refractivity contribution < 1.29 is 17.0 Å². The van der Waals surface area contributed by atoms with Gasteiger partial charge in [0, 0.05) is 41.6 Å². The highest BCUT2D eigenvalue weighted by Crippen LogP contribution is 2.46. The van der Waals surface area contributed by atoms with Crippen LogP contribution in [-0.4, -0.2) is 17.8 Å². The Hall–Kier alpha value is -2.84. The van der Waals surface area contributed by atoms with Gasteiger partial charge in [-0.15, -0.1) is 0 Å². The van der Waals surface area contributed by atoms with Crippen LogP contribution in [-0.2, 0) is 11.8 Å². The molecule has 2 aliphatic heterocycles. The molecule has 0 saturated heterocycles. The number of anilines is 1. The van der Waals surface area contributed by atoms with Crippen molar-refractivity contribution in [2.75, 3.05) is 11.9 Å². The molecule has 0 unspecified atom stereocenters. The highest BCUT2D eigenvalue weighted by Gasteiger charge is 2.37. The molecule has 2 heterocycles. The highest BCUT2D eigenvalue weighted by atomic mass is 35.5. The van der Waals surface area contributed by atoms with E-state index in [1.807, 2.05) is 0 Å². The van der Waals surface area contributed by atoms with Gasteiger partial charge in [-0.3, -0.25) is 0 Å². The molecule has 0 radical (unpaired) electrons. The van der Waals surface area contributed by atoms with E-state index in [2.05, 4.69) is 116 Å². The van der Waals surface area contributed by atoms with E-state index in [0.717, 1.165) is 19.3 Å². The first kappa shape index (κ1) is 22.4. The molecule has 0 bridgehead atoms. The Morgan fingerprint density at radius 3 is 2.59 bits per heavy atom. The molecule has 0 fully saturated rings. The van der Waals surface area contributed by atoms with Crippen LogP contribution >= 0.6 is 0 Å². The van der Waals surface area contributed by atoms with Crippen molar-refractivity contribution in [2.24, 2.45) is 0 Å². The molecule has 0 amide bonds. The molecule has 0 spiro atoms. The summed E-state index contributed by atoms with van der Waals surface area (Å²) in [5.41, 5.74) is 9.67. The lowest BCUT2D eigenvalue weighted by Gasteiger charge is -2.24. The molecule has 3 heteroatoms. The molecule has 2 aromatic carbocycles. The molecule has 0 N–H and O–H groups in total. The van der Waals surface area contributed by atoms with Gasteiger partial charge in [0.2, 0.25) is 5.69 Å². The molecule has 0 saturated carbocycles. The van der Waals surface area contributed by atoms with Gasteiger partial charge in [-0.1, -0.05) is 62.4 Å². The summed E-state index contributed by atoms with van der Waals surface area (Å²) >= 11 is 0. The van der Waals surface area contributed by atoms with Crippen molar-refractivity contribution >= 4 is 17.6 Å². The standard InChI is InChI=1S/C29H31N2.ClH/c1-29(2)25-12-5-7-14-27(25)30(3)28(29)16-15-22-9-8-10-23(21-22)17-19-31-20-18-24-11-4-6-13-26(24)31;/h4-7,11-17,19-21H,8-10,18H2,1-3H3;1H/q+1;/p-1/b19-17+,22-15+,28-16+;. The van der Waals surface area contributed by atoms with Gasteiger partial charge in [-0.2, -0.15) is 4.58 Å². The molecule has 1 aliphatic carbocycles. The summed E-state index contributed by atoms with van der Waals surface area (Å²) in [6.07, 6.45) is 18.4. The number of fused-ring (bicyclic) bond motifs is 2. The van der Waals surface area contributed by atoms with E-state index in [-0.39, 0.29) is 17.8 Å². The van der Waals surface area contributed by atoms with Gasteiger partial charge >= 0.3 is 0 Å². The zero-order valence-electron chi connectivity index (χ0n) is 19.2. The minimum absolute atomic E-state index is 0. The Labute approximate surface area is 198 Å². The van der Waals surface area contributed by atoms with Crippen LogP contribution in [0.25, 0.3) is 0 Å². The summed E-state index contributed by atoms with van der Waals surface area (Å²) in [7, 11) is 2.19. The monoisotopic (exact) mass is 442 g/mol. The number of allylic oxidation sites excluding steroid dienone is 7. The number of para-hydroxylation sites is 2. The van der Waals surface area contributed by atoms with E-state index < -0.39 is 0 Å². The number of rotatable bonds is 3. The summed E-state index contributed by atoms with van der Waals surface area (Å²) in [6, 6.07) is 17.4. The van der Waals surface area contributed by atoms with Gasteiger partial charge in [-0.05, 0) is 48.1 Å². The number of benzene rings is 2. The summed E-state index contributed by atoms with van der Waals surface area (Å²) in [5.74, 6) is 0. The quantitative estimate of drug-likeness (QED) is 0.655. The minimum Gasteiger partial charge on any atom is -1.00 e. The Morgan fingerprint density at radius 1 is 0.969 bits per heavy atom. The van der Waals surface area contributed by atoms with Crippen molar-refractivity contribution in [3.63, 3.8) is 0 Å². The molecule has 0 atom stereocenters. The predicted molar refractivity (Wildman–Crippen MR) is 131 cm³/mol. The van der Waals surface area contributed by atoms with Crippen LogP contribution in [0.4, 0.5) is 11.4 Å². The topological polar surface area (TPSA) is 6.25 Å². The number of likely N-dealkylation sites (N-methyl/N-ethyl adjacent to an activating group) is 1. The van der Waals surface area contributed by atoms with Gasteiger partial charge in [-0.25, -0.2) is 0 Å². The van der Waals surface area contributed by atoms with Gasteiger partial charge in [0.05, 0.1) is 6.42 Å². The van der Waals surface area contributed by atoms with Crippen LogP contribution in [0.5, 0.6) is 0 Å². The molecule has 2 nitrogen and oxygen atoms in total. The fourth-order valence-corrected chi connectivity index (χ4v) is 5.18. The largest absolute Gasteiger partial charge is 1.00 e. The summed E-state index contributed by atoms with van der Waals surface area (Å²) in [6.45, 7) is 4.66. The molecule has 3 aliphatic rings. The normalized spacial score (nSPS) is 21.4. The maximum Gasteiger partial charge on any atom is 0.214 e. The second-order valence-electron chi connectivity index (χ2n) is 9.31.